The summed E-state index contributed by atoms with van der Waals surface area (Å²) in [4.78, 5) is 25.7. The Kier molecular flexibility index (Phi) is 5.89. The van der Waals surface area contributed by atoms with E-state index in [1.54, 1.807) is 0 Å². The minimum Gasteiger partial charge on any atom is -0.295 e. The Morgan fingerprint density at radius 2 is 1.48 bits per heavy atom. The highest BCUT2D eigenvalue weighted by Crippen LogP contribution is 2.13. The van der Waals surface area contributed by atoms with Crippen molar-refractivity contribution in [3.05, 3.63) is 124 Å². The second-order valence-electron chi connectivity index (χ2n) is 7.11. The zero-order valence-corrected chi connectivity index (χ0v) is 17.1. The molecule has 154 valence electrons. The number of benzene rings is 3. The number of hydrogen-bond acceptors (Lipinski definition) is 3. The largest absolute Gasteiger partial charge is 0.295 e. The average Bonchev–Trinajstić information content (AvgIpc) is 3.10. The lowest BCUT2D eigenvalue weighted by molar-refractivity contribution is -0.120. The standard InChI is InChI=1S/C25H22N4O2/c1-18-23(25(31)29(28-18)21-15-9-4-10-16-21)24(20-13-7-3-8-14-20)27-26-22(30)17-19-11-5-2-6-12-19/h2-16,28H,17H2,1H3,(H,26,30). The summed E-state index contributed by atoms with van der Waals surface area (Å²) in [5.41, 5.74) is 6.22. The fraction of sp³-hybridized carbons (Fsp3) is 0.0800. The number of aromatic nitrogens is 2. The number of rotatable bonds is 6. The Hall–Kier alpha value is -4.19. The van der Waals surface area contributed by atoms with Crippen LogP contribution in [0.3, 0.4) is 0 Å². The number of carbonyl (C=O) groups is 1. The molecule has 0 saturated heterocycles. The van der Waals surface area contributed by atoms with Crippen LogP contribution in [0.4, 0.5) is 0 Å². The first-order valence-corrected chi connectivity index (χ1v) is 9.97. The summed E-state index contributed by atoms with van der Waals surface area (Å²) in [6.45, 7) is 1.82. The molecule has 4 rings (SSSR count). The molecule has 0 bridgehead atoms. The lowest BCUT2D eigenvalue weighted by Gasteiger charge is -2.07. The van der Waals surface area contributed by atoms with E-state index in [0.29, 0.717) is 17.0 Å². The predicted octanol–water partition coefficient (Wildman–Crippen LogP) is 3.59. The van der Waals surface area contributed by atoms with E-state index < -0.39 is 0 Å². The first-order chi connectivity index (χ1) is 15.1. The Morgan fingerprint density at radius 3 is 2.13 bits per heavy atom. The number of hydrazone groups is 1. The zero-order valence-electron chi connectivity index (χ0n) is 17.1. The molecule has 1 amide bonds. The van der Waals surface area contributed by atoms with Crippen molar-refractivity contribution in [2.75, 3.05) is 0 Å². The van der Waals surface area contributed by atoms with Crippen molar-refractivity contribution in [1.82, 2.24) is 15.2 Å². The normalized spacial score (nSPS) is 11.3. The number of aryl methyl sites for hydroxylation is 1. The van der Waals surface area contributed by atoms with Gasteiger partial charge in [-0.05, 0) is 24.6 Å². The molecule has 0 saturated carbocycles. The molecule has 0 aliphatic heterocycles. The molecule has 0 atom stereocenters. The van der Waals surface area contributed by atoms with Crippen LogP contribution < -0.4 is 11.0 Å². The maximum atomic E-state index is 13.3. The van der Waals surface area contributed by atoms with Gasteiger partial charge in [0.2, 0.25) is 5.91 Å². The van der Waals surface area contributed by atoms with Crippen LogP contribution in [0.25, 0.3) is 5.69 Å². The number of aromatic amines is 1. The van der Waals surface area contributed by atoms with Crippen LogP contribution in [-0.4, -0.2) is 21.4 Å². The molecule has 6 heteroatoms. The molecular weight excluding hydrogens is 388 g/mol. The van der Waals surface area contributed by atoms with Gasteiger partial charge in [0, 0.05) is 11.3 Å². The molecule has 4 aromatic rings. The van der Waals surface area contributed by atoms with Crippen molar-refractivity contribution in [3.8, 4) is 5.69 Å². The average molecular weight is 410 g/mol. The summed E-state index contributed by atoms with van der Waals surface area (Å²) in [5, 5.41) is 7.49. The van der Waals surface area contributed by atoms with E-state index >= 15 is 0 Å². The number of amides is 1. The van der Waals surface area contributed by atoms with Crippen molar-refractivity contribution in [1.29, 1.82) is 0 Å². The van der Waals surface area contributed by atoms with Gasteiger partial charge < -0.3 is 0 Å². The van der Waals surface area contributed by atoms with Gasteiger partial charge in [-0.3, -0.25) is 14.7 Å². The third-order valence-corrected chi connectivity index (χ3v) is 4.87. The highest BCUT2D eigenvalue weighted by atomic mass is 16.2. The molecule has 0 unspecified atom stereocenters. The number of nitrogens with one attached hydrogen (secondary N) is 2. The first-order valence-electron chi connectivity index (χ1n) is 9.97. The summed E-state index contributed by atoms with van der Waals surface area (Å²) in [6, 6.07) is 28.1. The first kappa shape index (κ1) is 20.1. The summed E-state index contributed by atoms with van der Waals surface area (Å²) in [6.07, 6.45) is 0.201. The predicted molar refractivity (Wildman–Crippen MR) is 121 cm³/mol. The Morgan fingerprint density at radius 1 is 0.903 bits per heavy atom. The molecule has 0 spiro atoms. The Balaban J connectivity index is 1.72. The van der Waals surface area contributed by atoms with Crippen molar-refractivity contribution >= 4 is 11.6 Å². The lowest BCUT2D eigenvalue weighted by atomic mass is 10.0. The molecule has 1 heterocycles. The minimum atomic E-state index is -0.254. The van der Waals surface area contributed by atoms with Crippen LogP contribution in [0.15, 0.2) is 101 Å². The summed E-state index contributed by atoms with van der Waals surface area (Å²) in [5.74, 6) is -0.254. The number of nitrogens with zero attached hydrogens (tertiary/aromatic N) is 2. The quantitative estimate of drug-likeness (QED) is 0.376. The fourth-order valence-corrected chi connectivity index (χ4v) is 3.38. The third-order valence-electron chi connectivity index (χ3n) is 4.87. The van der Waals surface area contributed by atoms with Gasteiger partial charge in [-0.1, -0.05) is 78.9 Å². The Bertz CT molecular complexity index is 1260. The molecule has 31 heavy (non-hydrogen) atoms. The van der Waals surface area contributed by atoms with Crippen LogP contribution in [0.1, 0.15) is 22.4 Å². The molecule has 6 nitrogen and oxygen atoms in total. The van der Waals surface area contributed by atoms with E-state index in [2.05, 4.69) is 15.6 Å². The van der Waals surface area contributed by atoms with Gasteiger partial charge in [0.15, 0.2) is 0 Å². The molecule has 1 aromatic heterocycles. The third kappa shape index (κ3) is 4.53. The number of carbonyl (C=O) groups excluding carboxylic acids is 1. The maximum absolute atomic E-state index is 13.3. The van der Waals surface area contributed by atoms with E-state index in [1.807, 2.05) is 97.9 Å². The van der Waals surface area contributed by atoms with Crippen molar-refractivity contribution in [2.24, 2.45) is 5.10 Å². The van der Waals surface area contributed by atoms with Crippen LogP contribution in [-0.2, 0) is 11.2 Å². The molecule has 0 radical (unpaired) electrons. The number of H-pyrrole nitrogens is 1. The van der Waals surface area contributed by atoms with Gasteiger partial charge in [-0.2, -0.15) is 5.10 Å². The van der Waals surface area contributed by atoms with Gasteiger partial charge in [-0.25, -0.2) is 10.1 Å². The highest BCUT2D eigenvalue weighted by Gasteiger charge is 2.20. The van der Waals surface area contributed by atoms with Crippen molar-refractivity contribution < 1.29 is 4.79 Å². The van der Waals surface area contributed by atoms with E-state index in [-0.39, 0.29) is 17.9 Å². The van der Waals surface area contributed by atoms with Gasteiger partial charge in [0.05, 0.1) is 17.7 Å². The van der Waals surface area contributed by atoms with Crippen LogP contribution in [0, 0.1) is 6.92 Å². The monoisotopic (exact) mass is 410 g/mol. The molecule has 0 fully saturated rings. The minimum absolute atomic E-state index is 0.201. The smallest absolute Gasteiger partial charge is 0.281 e. The van der Waals surface area contributed by atoms with Gasteiger partial charge >= 0.3 is 0 Å². The lowest BCUT2D eigenvalue weighted by Crippen LogP contribution is -2.26. The van der Waals surface area contributed by atoms with Crippen LogP contribution in [0.5, 0.6) is 0 Å². The molecular formula is C25H22N4O2. The van der Waals surface area contributed by atoms with E-state index in [9.17, 15) is 9.59 Å². The van der Waals surface area contributed by atoms with E-state index in [0.717, 1.165) is 16.8 Å². The summed E-state index contributed by atoms with van der Waals surface area (Å²) in [7, 11) is 0. The van der Waals surface area contributed by atoms with Crippen molar-refractivity contribution in [3.63, 3.8) is 0 Å². The summed E-state index contributed by atoms with van der Waals surface area (Å²) < 4.78 is 1.48. The summed E-state index contributed by atoms with van der Waals surface area (Å²) >= 11 is 0. The topological polar surface area (TPSA) is 79.2 Å². The van der Waals surface area contributed by atoms with Gasteiger partial charge in [0.25, 0.3) is 5.56 Å². The van der Waals surface area contributed by atoms with E-state index in [1.165, 1.54) is 4.68 Å². The second kappa shape index (κ2) is 9.09. The van der Waals surface area contributed by atoms with Crippen molar-refractivity contribution in [2.45, 2.75) is 13.3 Å². The number of hydrogen-bond donors (Lipinski definition) is 2. The second-order valence-corrected chi connectivity index (χ2v) is 7.11. The van der Waals surface area contributed by atoms with Crippen LogP contribution in [0.2, 0.25) is 0 Å². The molecule has 0 aliphatic carbocycles. The van der Waals surface area contributed by atoms with E-state index in [4.69, 9.17) is 0 Å². The van der Waals surface area contributed by atoms with Gasteiger partial charge in [0.1, 0.15) is 5.71 Å². The van der Waals surface area contributed by atoms with Crippen LogP contribution >= 0.6 is 0 Å². The molecule has 3 aromatic carbocycles. The highest BCUT2D eigenvalue weighted by molar-refractivity contribution is 6.13. The Labute approximate surface area is 179 Å². The molecule has 2 N–H and O–H groups in total. The molecule has 0 aliphatic rings. The number of para-hydroxylation sites is 1. The van der Waals surface area contributed by atoms with Gasteiger partial charge in [-0.15, -0.1) is 0 Å². The fourth-order valence-electron chi connectivity index (χ4n) is 3.38. The zero-order chi connectivity index (χ0) is 21.6. The maximum Gasteiger partial charge on any atom is 0.281 e. The SMILES string of the molecule is Cc1[nH]n(-c2ccccc2)c(=O)c1C(=NNC(=O)Cc1ccccc1)c1ccccc1.